The summed E-state index contributed by atoms with van der Waals surface area (Å²) in [6.45, 7) is -0.0604. The molecular formula is C10H12F3N3O4. The molecule has 0 aliphatic heterocycles. The van der Waals surface area contributed by atoms with Crippen LogP contribution in [-0.4, -0.2) is 37.0 Å². The highest BCUT2D eigenvalue weighted by molar-refractivity contribution is 5.61. The maximum atomic E-state index is 12.5. The molecule has 0 amide bonds. The van der Waals surface area contributed by atoms with Crippen molar-refractivity contribution in [2.45, 2.75) is 12.5 Å². The van der Waals surface area contributed by atoms with Gasteiger partial charge in [0, 0.05) is 14.2 Å². The van der Waals surface area contributed by atoms with Gasteiger partial charge in [-0.2, -0.15) is 13.2 Å². The third-order valence-corrected chi connectivity index (χ3v) is 2.36. The highest BCUT2D eigenvalue weighted by Gasteiger charge is 2.34. The van der Waals surface area contributed by atoms with E-state index in [0.717, 1.165) is 0 Å². The molecule has 1 aromatic heterocycles. The highest BCUT2D eigenvalue weighted by atomic mass is 19.4. The zero-order chi connectivity index (χ0) is 15.3. The van der Waals surface area contributed by atoms with Crippen LogP contribution in [0, 0.1) is 10.1 Å². The van der Waals surface area contributed by atoms with Crippen LogP contribution in [0.1, 0.15) is 5.69 Å². The number of pyridine rings is 1. The van der Waals surface area contributed by atoms with Gasteiger partial charge in [-0.1, -0.05) is 0 Å². The Morgan fingerprint density at radius 3 is 2.50 bits per heavy atom. The maximum Gasteiger partial charge on any atom is 0.433 e. The minimum atomic E-state index is -4.69. The minimum Gasteiger partial charge on any atom is -0.374 e. The Labute approximate surface area is 111 Å². The topological polar surface area (TPSA) is 86.5 Å². The number of ether oxygens (including phenoxy) is 2. The molecule has 1 aromatic rings. The molecule has 7 nitrogen and oxygen atoms in total. The maximum absolute atomic E-state index is 12.5. The molecule has 0 aliphatic carbocycles. The lowest BCUT2D eigenvalue weighted by atomic mass is 10.2. The van der Waals surface area contributed by atoms with E-state index in [1.165, 1.54) is 14.2 Å². The number of rotatable bonds is 6. The molecule has 0 aliphatic rings. The fraction of sp³-hybridized carbons (Fsp3) is 0.500. The van der Waals surface area contributed by atoms with Crippen LogP contribution in [0.3, 0.4) is 0 Å². The molecule has 0 saturated carbocycles. The summed E-state index contributed by atoms with van der Waals surface area (Å²) in [5.74, 6) is 0. The number of nitro groups is 1. The summed E-state index contributed by atoms with van der Waals surface area (Å²) in [6, 6.07) is 0.570. The first-order valence-corrected chi connectivity index (χ1v) is 5.30. The van der Waals surface area contributed by atoms with Gasteiger partial charge in [-0.3, -0.25) is 10.1 Å². The molecule has 10 heteroatoms. The van der Waals surface area contributed by atoms with Crippen molar-refractivity contribution in [2.24, 2.45) is 0 Å². The number of hydrogen-bond donors (Lipinski definition) is 1. The first kappa shape index (κ1) is 16.1. The Bertz CT molecular complexity index is 477. The molecule has 1 N–H and O–H groups in total. The quantitative estimate of drug-likeness (QED) is 0.491. The van der Waals surface area contributed by atoms with Gasteiger partial charge in [0.05, 0.1) is 11.5 Å². The Balaban J connectivity index is 3.03. The van der Waals surface area contributed by atoms with Crippen LogP contribution in [0.15, 0.2) is 12.3 Å². The molecule has 1 rings (SSSR count). The molecule has 0 saturated heterocycles. The van der Waals surface area contributed by atoms with Crippen LogP contribution in [0.25, 0.3) is 0 Å². The third-order valence-electron chi connectivity index (χ3n) is 2.36. The van der Waals surface area contributed by atoms with E-state index in [1.807, 2.05) is 0 Å². The molecule has 112 valence electrons. The Morgan fingerprint density at radius 1 is 1.45 bits per heavy atom. The molecule has 0 unspecified atom stereocenters. The summed E-state index contributed by atoms with van der Waals surface area (Å²) in [4.78, 5) is 12.9. The van der Waals surface area contributed by atoms with Crippen molar-refractivity contribution in [2.75, 3.05) is 26.1 Å². The number of nitrogens with zero attached hydrogens (tertiary/aromatic N) is 2. The van der Waals surface area contributed by atoms with E-state index < -0.39 is 28.8 Å². The second-order valence-corrected chi connectivity index (χ2v) is 3.62. The van der Waals surface area contributed by atoms with Gasteiger partial charge in [0.1, 0.15) is 17.6 Å². The normalized spacial score (nSPS) is 11.7. The van der Waals surface area contributed by atoms with Gasteiger partial charge in [-0.05, 0) is 6.07 Å². The largest absolute Gasteiger partial charge is 0.433 e. The Hall–Kier alpha value is -1.94. The molecule has 1 heterocycles. The Kier molecular flexibility index (Phi) is 5.22. The SMILES string of the molecule is COC(CNc1cc(C(F)(F)F)ncc1[N+](=O)[O-])OC. The molecule has 0 atom stereocenters. The molecule has 0 fully saturated rings. The van der Waals surface area contributed by atoms with Gasteiger partial charge < -0.3 is 14.8 Å². The van der Waals surface area contributed by atoms with Gasteiger partial charge in [-0.25, -0.2) is 4.98 Å². The highest BCUT2D eigenvalue weighted by Crippen LogP contribution is 2.32. The average Bonchev–Trinajstić information content (AvgIpc) is 2.38. The number of halogens is 3. The van der Waals surface area contributed by atoms with E-state index in [1.54, 1.807) is 0 Å². The van der Waals surface area contributed by atoms with Crippen molar-refractivity contribution in [3.8, 4) is 0 Å². The number of aromatic nitrogens is 1. The van der Waals surface area contributed by atoms with Gasteiger partial charge in [0.15, 0.2) is 6.29 Å². The van der Waals surface area contributed by atoms with E-state index >= 15 is 0 Å². The summed E-state index contributed by atoms with van der Waals surface area (Å²) in [5.41, 5.74) is -2.10. The molecular weight excluding hydrogens is 283 g/mol. The van der Waals surface area contributed by atoms with Crippen LogP contribution < -0.4 is 5.32 Å². The van der Waals surface area contributed by atoms with Crippen LogP contribution in [0.2, 0.25) is 0 Å². The third kappa shape index (κ3) is 4.03. The van der Waals surface area contributed by atoms with Gasteiger partial charge in [-0.15, -0.1) is 0 Å². The van der Waals surface area contributed by atoms with Crippen molar-refractivity contribution < 1.29 is 27.6 Å². The molecule has 0 spiro atoms. The van der Waals surface area contributed by atoms with Crippen LogP contribution in [0.5, 0.6) is 0 Å². The predicted octanol–water partition coefficient (Wildman–Crippen LogP) is 2.04. The Morgan fingerprint density at radius 2 is 2.05 bits per heavy atom. The number of alkyl halides is 3. The van der Waals surface area contributed by atoms with Crippen molar-refractivity contribution >= 4 is 11.4 Å². The lowest BCUT2D eigenvalue weighted by Crippen LogP contribution is -2.24. The van der Waals surface area contributed by atoms with Crippen molar-refractivity contribution in [1.82, 2.24) is 4.98 Å². The number of nitrogens with one attached hydrogen (secondary N) is 1. The molecule has 0 aromatic carbocycles. The van der Waals surface area contributed by atoms with E-state index in [9.17, 15) is 23.3 Å². The number of anilines is 1. The fourth-order valence-corrected chi connectivity index (χ4v) is 1.35. The van der Waals surface area contributed by atoms with E-state index in [-0.39, 0.29) is 12.2 Å². The van der Waals surface area contributed by atoms with E-state index in [4.69, 9.17) is 9.47 Å². The number of hydrogen-bond acceptors (Lipinski definition) is 6. The van der Waals surface area contributed by atoms with Gasteiger partial charge >= 0.3 is 11.9 Å². The molecule has 0 radical (unpaired) electrons. The zero-order valence-corrected chi connectivity index (χ0v) is 10.6. The first-order chi connectivity index (χ1) is 9.29. The second kappa shape index (κ2) is 6.48. The summed E-state index contributed by atoms with van der Waals surface area (Å²) >= 11 is 0. The van der Waals surface area contributed by atoms with Crippen LogP contribution in [0.4, 0.5) is 24.5 Å². The second-order valence-electron chi connectivity index (χ2n) is 3.62. The van der Waals surface area contributed by atoms with Gasteiger partial charge in [0.2, 0.25) is 0 Å². The summed E-state index contributed by atoms with van der Waals surface area (Å²) in [6.07, 6.45) is -4.88. The fourth-order valence-electron chi connectivity index (χ4n) is 1.35. The lowest BCUT2D eigenvalue weighted by Gasteiger charge is -2.15. The van der Waals surface area contributed by atoms with E-state index in [2.05, 4.69) is 10.3 Å². The standard InChI is InChI=1S/C10H12F3N3O4/c1-19-9(20-2)5-14-6-3-8(10(11,12)13)15-4-7(6)16(17)18/h3-4,9H,5H2,1-2H3,(H,14,15). The summed E-state index contributed by atoms with van der Waals surface area (Å²) in [5, 5.41) is 13.2. The van der Waals surface area contributed by atoms with Crippen molar-refractivity contribution in [1.29, 1.82) is 0 Å². The predicted molar refractivity (Wildman–Crippen MR) is 62.2 cm³/mol. The molecule has 0 bridgehead atoms. The van der Waals surface area contributed by atoms with Crippen LogP contribution >= 0.6 is 0 Å². The average molecular weight is 295 g/mol. The van der Waals surface area contributed by atoms with E-state index in [0.29, 0.717) is 12.3 Å². The smallest absolute Gasteiger partial charge is 0.374 e. The number of methoxy groups -OCH3 is 2. The van der Waals surface area contributed by atoms with Crippen LogP contribution in [-0.2, 0) is 15.7 Å². The minimum absolute atomic E-state index is 0.0604. The first-order valence-electron chi connectivity index (χ1n) is 5.30. The lowest BCUT2D eigenvalue weighted by molar-refractivity contribution is -0.384. The van der Waals surface area contributed by atoms with Gasteiger partial charge in [0.25, 0.3) is 0 Å². The van der Waals surface area contributed by atoms with Crippen molar-refractivity contribution in [3.63, 3.8) is 0 Å². The monoisotopic (exact) mass is 295 g/mol. The zero-order valence-electron chi connectivity index (χ0n) is 10.6. The summed E-state index contributed by atoms with van der Waals surface area (Å²) in [7, 11) is 2.66. The summed E-state index contributed by atoms with van der Waals surface area (Å²) < 4.78 is 47.2. The van der Waals surface area contributed by atoms with Crippen molar-refractivity contribution in [3.05, 3.63) is 28.1 Å². The molecule has 20 heavy (non-hydrogen) atoms.